The summed E-state index contributed by atoms with van der Waals surface area (Å²) < 4.78 is 41.2. The molecule has 118 valence electrons. The van der Waals surface area contributed by atoms with Crippen LogP contribution in [0.1, 0.15) is 12.7 Å². The molecule has 0 saturated heterocycles. The van der Waals surface area contributed by atoms with Crippen LogP contribution in [0.5, 0.6) is 0 Å². The SMILES string of the molecule is Cc1nnc(S[C@H](C)C(=O)Nc2ccc(F)c(F)c2F)n1C. The van der Waals surface area contributed by atoms with E-state index >= 15 is 0 Å². The zero-order valence-electron chi connectivity index (χ0n) is 12.0. The minimum Gasteiger partial charge on any atom is -0.323 e. The van der Waals surface area contributed by atoms with Crippen LogP contribution in [-0.2, 0) is 11.8 Å². The van der Waals surface area contributed by atoms with Gasteiger partial charge in [-0.3, -0.25) is 4.79 Å². The fourth-order valence-corrected chi connectivity index (χ4v) is 2.42. The van der Waals surface area contributed by atoms with Crippen molar-refractivity contribution >= 4 is 23.4 Å². The van der Waals surface area contributed by atoms with Gasteiger partial charge in [-0.2, -0.15) is 0 Å². The summed E-state index contributed by atoms with van der Waals surface area (Å²) in [6.45, 7) is 3.35. The number of anilines is 1. The number of benzene rings is 1. The van der Waals surface area contributed by atoms with E-state index in [2.05, 4.69) is 15.5 Å². The van der Waals surface area contributed by atoms with Crippen molar-refractivity contribution in [1.29, 1.82) is 0 Å². The lowest BCUT2D eigenvalue weighted by molar-refractivity contribution is -0.115. The van der Waals surface area contributed by atoms with Gasteiger partial charge in [0.25, 0.3) is 0 Å². The van der Waals surface area contributed by atoms with Gasteiger partial charge in [0.1, 0.15) is 5.82 Å². The largest absolute Gasteiger partial charge is 0.323 e. The van der Waals surface area contributed by atoms with Crippen LogP contribution >= 0.6 is 11.8 Å². The summed E-state index contributed by atoms with van der Waals surface area (Å²) in [6.07, 6.45) is 0. The van der Waals surface area contributed by atoms with Gasteiger partial charge in [0, 0.05) is 7.05 Å². The number of carbonyl (C=O) groups is 1. The standard InChI is InChI=1S/C13H13F3N4OS/c1-6(22-13-19-18-7(2)20(13)3)12(21)17-9-5-4-8(14)10(15)11(9)16/h4-6H,1-3H3,(H,17,21)/t6-/m1/s1. The molecule has 9 heteroatoms. The highest BCUT2D eigenvalue weighted by Crippen LogP contribution is 2.24. The van der Waals surface area contributed by atoms with Crippen LogP contribution in [0.4, 0.5) is 18.9 Å². The van der Waals surface area contributed by atoms with E-state index < -0.39 is 34.3 Å². The van der Waals surface area contributed by atoms with Crippen molar-refractivity contribution in [3.05, 3.63) is 35.4 Å². The van der Waals surface area contributed by atoms with E-state index in [9.17, 15) is 18.0 Å². The van der Waals surface area contributed by atoms with Crippen LogP contribution in [0.25, 0.3) is 0 Å². The summed E-state index contributed by atoms with van der Waals surface area (Å²) in [5.41, 5.74) is -0.412. The first-order valence-corrected chi connectivity index (χ1v) is 7.16. The van der Waals surface area contributed by atoms with Crippen LogP contribution in [0.3, 0.4) is 0 Å². The summed E-state index contributed by atoms with van der Waals surface area (Å²) in [5, 5.41) is 9.87. The summed E-state index contributed by atoms with van der Waals surface area (Å²) in [6, 6.07) is 1.72. The lowest BCUT2D eigenvalue weighted by Gasteiger charge is -2.12. The molecular weight excluding hydrogens is 317 g/mol. The lowest BCUT2D eigenvalue weighted by Crippen LogP contribution is -2.23. The third kappa shape index (κ3) is 3.24. The molecule has 22 heavy (non-hydrogen) atoms. The zero-order chi connectivity index (χ0) is 16.4. The molecule has 0 radical (unpaired) electrons. The highest BCUT2D eigenvalue weighted by atomic mass is 32.2. The highest BCUT2D eigenvalue weighted by molar-refractivity contribution is 8.00. The van der Waals surface area contributed by atoms with Crippen molar-refractivity contribution in [2.75, 3.05) is 5.32 Å². The minimum absolute atomic E-state index is 0.412. The molecule has 5 nitrogen and oxygen atoms in total. The Morgan fingerprint density at radius 2 is 1.95 bits per heavy atom. The number of amides is 1. The maximum atomic E-state index is 13.5. The third-order valence-electron chi connectivity index (χ3n) is 3.00. The second-order valence-corrected chi connectivity index (χ2v) is 5.87. The Morgan fingerprint density at radius 1 is 1.27 bits per heavy atom. The molecule has 1 atom stereocenters. The number of rotatable bonds is 4. The van der Waals surface area contributed by atoms with Gasteiger partial charge in [-0.1, -0.05) is 11.8 Å². The predicted molar refractivity (Wildman–Crippen MR) is 76.0 cm³/mol. The Labute approximate surface area is 128 Å². The van der Waals surface area contributed by atoms with Crippen molar-refractivity contribution in [3.8, 4) is 0 Å². The van der Waals surface area contributed by atoms with Gasteiger partial charge in [-0.15, -0.1) is 10.2 Å². The van der Waals surface area contributed by atoms with E-state index in [1.165, 1.54) is 0 Å². The van der Waals surface area contributed by atoms with Gasteiger partial charge in [0.2, 0.25) is 5.91 Å². The highest BCUT2D eigenvalue weighted by Gasteiger charge is 2.21. The molecule has 0 fully saturated rings. The molecule has 2 rings (SSSR count). The van der Waals surface area contributed by atoms with Crippen LogP contribution in [-0.4, -0.2) is 25.9 Å². The Hall–Kier alpha value is -2.03. The van der Waals surface area contributed by atoms with E-state index in [1.54, 1.807) is 25.5 Å². The van der Waals surface area contributed by atoms with E-state index in [1.807, 2.05) is 0 Å². The zero-order valence-corrected chi connectivity index (χ0v) is 12.8. The monoisotopic (exact) mass is 330 g/mol. The van der Waals surface area contributed by atoms with E-state index in [0.29, 0.717) is 11.0 Å². The smallest absolute Gasteiger partial charge is 0.237 e. The van der Waals surface area contributed by atoms with Gasteiger partial charge >= 0.3 is 0 Å². The number of nitrogens with zero attached hydrogens (tertiary/aromatic N) is 3. The van der Waals surface area contributed by atoms with Crippen molar-refractivity contribution in [1.82, 2.24) is 14.8 Å². The number of hydrogen-bond donors (Lipinski definition) is 1. The van der Waals surface area contributed by atoms with Crippen LogP contribution in [0, 0.1) is 24.4 Å². The Balaban J connectivity index is 2.09. The number of carbonyl (C=O) groups excluding carboxylic acids is 1. The summed E-state index contributed by atoms with van der Waals surface area (Å²) in [7, 11) is 1.75. The Bertz CT molecular complexity index is 720. The molecule has 0 aliphatic heterocycles. The molecule has 1 aromatic heterocycles. The van der Waals surface area contributed by atoms with E-state index in [-0.39, 0.29) is 0 Å². The summed E-state index contributed by atoms with van der Waals surface area (Å²) in [5.74, 6) is -4.24. The molecule has 0 saturated carbocycles. The summed E-state index contributed by atoms with van der Waals surface area (Å²) >= 11 is 1.12. The van der Waals surface area contributed by atoms with Gasteiger partial charge < -0.3 is 9.88 Å². The maximum Gasteiger partial charge on any atom is 0.237 e. The van der Waals surface area contributed by atoms with Crippen LogP contribution in [0.15, 0.2) is 17.3 Å². The molecule has 0 aliphatic rings. The van der Waals surface area contributed by atoms with Gasteiger partial charge in [0.15, 0.2) is 22.6 Å². The minimum atomic E-state index is -1.62. The predicted octanol–water partition coefficient (Wildman–Crippen LogP) is 2.66. The normalized spacial score (nSPS) is 12.3. The topological polar surface area (TPSA) is 59.8 Å². The average molecular weight is 330 g/mol. The number of thioether (sulfide) groups is 1. The second-order valence-electron chi connectivity index (χ2n) is 4.56. The fourth-order valence-electron chi connectivity index (χ4n) is 1.56. The van der Waals surface area contributed by atoms with Crippen molar-refractivity contribution < 1.29 is 18.0 Å². The second kappa shape index (κ2) is 6.39. The van der Waals surface area contributed by atoms with Gasteiger partial charge in [-0.05, 0) is 26.0 Å². The van der Waals surface area contributed by atoms with Crippen LogP contribution in [0.2, 0.25) is 0 Å². The summed E-state index contributed by atoms with van der Waals surface area (Å²) in [4.78, 5) is 12.0. The molecule has 2 aromatic rings. The maximum absolute atomic E-state index is 13.5. The number of aryl methyl sites for hydroxylation is 1. The molecule has 1 N–H and O–H groups in total. The molecule has 0 bridgehead atoms. The number of halogens is 3. The Kier molecular flexibility index (Phi) is 4.74. The van der Waals surface area contributed by atoms with Gasteiger partial charge in [0.05, 0.1) is 10.9 Å². The molecule has 0 aliphatic carbocycles. The molecule has 1 aromatic carbocycles. The van der Waals surface area contributed by atoms with E-state index in [0.717, 1.165) is 23.9 Å². The first-order chi connectivity index (χ1) is 10.3. The van der Waals surface area contributed by atoms with E-state index in [4.69, 9.17) is 0 Å². The third-order valence-corrected chi connectivity index (χ3v) is 4.13. The molecular formula is C13H13F3N4OS. The number of hydrogen-bond acceptors (Lipinski definition) is 4. The quantitative estimate of drug-likeness (QED) is 0.692. The van der Waals surface area contributed by atoms with Gasteiger partial charge in [-0.25, -0.2) is 13.2 Å². The molecule has 0 spiro atoms. The molecule has 0 unspecified atom stereocenters. The Morgan fingerprint density at radius 3 is 2.55 bits per heavy atom. The lowest BCUT2D eigenvalue weighted by atomic mass is 10.2. The average Bonchev–Trinajstić information content (AvgIpc) is 2.79. The van der Waals surface area contributed by atoms with Crippen molar-refractivity contribution in [3.63, 3.8) is 0 Å². The number of nitrogens with one attached hydrogen (secondary N) is 1. The fraction of sp³-hybridized carbons (Fsp3) is 0.308. The first-order valence-electron chi connectivity index (χ1n) is 6.28. The molecule has 1 amide bonds. The molecule has 1 heterocycles. The van der Waals surface area contributed by atoms with Crippen molar-refractivity contribution in [2.45, 2.75) is 24.3 Å². The van der Waals surface area contributed by atoms with Crippen LogP contribution < -0.4 is 5.32 Å². The number of aromatic nitrogens is 3. The van der Waals surface area contributed by atoms with Crippen molar-refractivity contribution in [2.24, 2.45) is 7.05 Å². The first kappa shape index (κ1) is 16.3.